The SMILES string of the molecule is COCCN(Cc1cccs1)C(=O)c1nc(Cl)ccc1Cl. The van der Waals surface area contributed by atoms with Gasteiger partial charge in [0.15, 0.2) is 0 Å². The molecule has 2 heterocycles. The summed E-state index contributed by atoms with van der Waals surface area (Å²) >= 11 is 13.5. The molecule has 0 aliphatic rings. The van der Waals surface area contributed by atoms with Crippen LogP contribution in [-0.2, 0) is 11.3 Å². The third-order valence-electron chi connectivity index (χ3n) is 2.79. The number of nitrogens with zero attached hydrogens (tertiary/aromatic N) is 2. The van der Waals surface area contributed by atoms with E-state index in [1.54, 1.807) is 35.5 Å². The largest absolute Gasteiger partial charge is 0.383 e. The van der Waals surface area contributed by atoms with Crippen molar-refractivity contribution in [2.24, 2.45) is 0 Å². The van der Waals surface area contributed by atoms with Gasteiger partial charge in [0.1, 0.15) is 10.8 Å². The number of ether oxygens (including phenoxy) is 1. The highest BCUT2D eigenvalue weighted by atomic mass is 35.5. The van der Waals surface area contributed by atoms with Crippen LogP contribution in [0.15, 0.2) is 29.6 Å². The second kappa shape index (κ2) is 7.75. The molecule has 0 spiro atoms. The molecule has 0 saturated heterocycles. The predicted octanol–water partition coefficient (Wildman–Crippen LogP) is 3.74. The molecule has 112 valence electrons. The molecule has 21 heavy (non-hydrogen) atoms. The molecule has 0 bridgehead atoms. The number of hydrogen-bond acceptors (Lipinski definition) is 4. The van der Waals surface area contributed by atoms with Gasteiger partial charge in [0, 0.05) is 18.5 Å². The second-order valence-electron chi connectivity index (χ2n) is 4.26. The van der Waals surface area contributed by atoms with Crippen molar-refractivity contribution in [3.05, 3.63) is 50.4 Å². The van der Waals surface area contributed by atoms with Crippen LogP contribution in [0.1, 0.15) is 15.4 Å². The van der Waals surface area contributed by atoms with Gasteiger partial charge in [0.2, 0.25) is 0 Å². The summed E-state index contributed by atoms with van der Waals surface area (Å²) < 4.78 is 5.06. The molecule has 0 atom stereocenters. The quantitative estimate of drug-likeness (QED) is 0.749. The number of carbonyl (C=O) groups is 1. The minimum atomic E-state index is -0.257. The maximum atomic E-state index is 12.6. The van der Waals surface area contributed by atoms with E-state index in [9.17, 15) is 4.79 Å². The summed E-state index contributed by atoms with van der Waals surface area (Å²) in [5.41, 5.74) is 0.164. The number of thiophene rings is 1. The molecule has 7 heteroatoms. The van der Waals surface area contributed by atoms with Crippen molar-refractivity contribution in [3.8, 4) is 0 Å². The zero-order valence-corrected chi connectivity index (χ0v) is 13.7. The first-order chi connectivity index (χ1) is 10.1. The monoisotopic (exact) mass is 344 g/mol. The van der Waals surface area contributed by atoms with Crippen molar-refractivity contribution < 1.29 is 9.53 Å². The first kappa shape index (κ1) is 16.2. The Bertz CT molecular complexity index is 605. The highest BCUT2D eigenvalue weighted by molar-refractivity contribution is 7.09. The Hall–Kier alpha value is -1.14. The molecule has 0 radical (unpaired) electrons. The summed E-state index contributed by atoms with van der Waals surface area (Å²) in [5, 5.41) is 2.50. The van der Waals surface area contributed by atoms with E-state index in [-0.39, 0.29) is 21.8 Å². The van der Waals surface area contributed by atoms with E-state index in [1.165, 1.54) is 0 Å². The van der Waals surface area contributed by atoms with Crippen LogP contribution in [0.2, 0.25) is 10.2 Å². The molecule has 0 fully saturated rings. The van der Waals surface area contributed by atoms with Gasteiger partial charge in [0.05, 0.1) is 18.2 Å². The van der Waals surface area contributed by atoms with E-state index in [4.69, 9.17) is 27.9 Å². The molecule has 4 nitrogen and oxygen atoms in total. The first-order valence-electron chi connectivity index (χ1n) is 6.24. The van der Waals surface area contributed by atoms with Crippen LogP contribution in [-0.4, -0.2) is 36.1 Å². The lowest BCUT2D eigenvalue weighted by atomic mass is 10.3. The van der Waals surface area contributed by atoms with Crippen LogP contribution in [0, 0.1) is 0 Å². The summed E-state index contributed by atoms with van der Waals surface area (Å²) in [7, 11) is 1.60. The fourth-order valence-electron chi connectivity index (χ4n) is 1.76. The number of pyridine rings is 1. The van der Waals surface area contributed by atoms with Gasteiger partial charge in [-0.3, -0.25) is 4.79 Å². The van der Waals surface area contributed by atoms with E-state index in [1.807, 2.05) is 17.5 Å². The van der Waals surface area contributed by atoms with Crippen molar-refractivity contribution in [2.45, 2.75) is 6.54 Å². The summed E-state index contributed by atoms with van der Waals surface area (Å²) in [4.78, 5) is 19.4. The van der Waals surface area contributed by atoms with E-state index < -0.39 is 0 Å². The van der Waals surface area contributed by atoms with E-state index in [0.29, 0.717) is 19.7 Å². The molecule has 2 aromatic rings. The molecule has 0 unspecified atom stereocenters. The number of carbonyl (C=O) groups excluding carboxylic acids is 1. The van der Waals surface area contributed by atoms with Crippen LogP contribution >= 0.6 is 34.5 Å². The minimum absolute atomic E-state index is 0.164. The van der Waals surface area contributed by atoms with Crippen LogP contribution in [0.25, 0.3) is 0 Å². The number of amides is 1. The molecular formula is C14H14Cl2N2O2S. The van der Waals surface area contributed by atoms with Crippen molar-refractivity contribution in [1.29, 1.82) is 0 Å². The molecule has 2 aromatic heterocycles. The van der Waals surface area contributed by atoms with Gasteiger partial charge >= 0.3 is 0 Å². The smallest absolute Gasteiger partial charge is 0.274 e. The summed E-state index contributed by atoms with van der Waals surface area (Å²) in [6.45, 7) is 1.39. The van der Waals surface area contributed by atoms with Gasteiger partial charge in [-0.2, -0.15) is 0 Å². The Labute approximate surface area is 137 Å². The Balaban J connectivity index is 2.22. The summed E-state index contributed by atoms with van der Waals surface area (Å²) in [6, 6.07) is 7.05. The molecule has 0 aliphatic carbocycles. The van der Waals surface area contributed by atoms with Crippen molar-refractivity contribution in [2.75, 3.05) is 20.3 Å². The molecule has 1 amide bonds. The van der Waals surface area contributed by atoms with Crippen molar-refractivity contribution in [3.63, 3.8) is 0 Å². The van der Waals surface area contributed by atoms with Gasteiger partial charge < -0.3 is 9.64 Å². The first-order valence-corrected chi connectivity index (χ1v) is 7.88. The van der Waals surface area contributed by atoms with Crippen molar-refractivity contribution >= 4 is 40.4 Å². The standard InChI is InChI=1S/C14H14Cl2N2O2S/c1-20-7-6-18(9-10-3-2-8-21-10)14(19)13-11(15)4-5-12(16)17-13/h2-5,8H,6-7,9H2,1H3. The lowest BCUT2D eigenvalue weighted by molar-refractivity contribution is 0.0677. The van der Waals surface area contributed by atoms with Crippen LogP contribution in [0.4, 0.5) is 0 Å². The number of hydrogen-bond donors (Lipinski definition) is 0. The Morgan fingerprint density at radius 1 is 1.38 bits per heavy atom. The average Bonchev–Trinajstić information content (AvgIpc) is 2.98. The summed E-state index contributed by atoms with van der Waals surface area (Å²) in [5.74, 6) is -0.257. The zero-order chi connectivity index (χ0) is 15.2. The number of aromatic nitrogens is 1. The Morgan fingerprint density at radius 2 is 2.19 bits per heavy atom. The summed E-state index contributed by atoms with van der Waals surface area (Å²) in [6.07, 6.45) is 0. The van der Waals surface area contributed by atoms with E-state index in [2.05, 4.69) is 4.98 Å². The molecule has 0 saturated carbocycles. The lowest BCUT2D eigenvalue weighted by Crippen LogP contribution is -2.34. The fraction of sp³-hybridized carbons (Fsp3) is 0.286. The van der Waals surface area contributed by atoms with Crippen LogP contribution < -0.4 is 0 Å². The average molecular weight is 345 g/mol. The topological polar surface area (TPSA) is 42.4 Å². The normalized spacial score (nSPS) is 10.6. The predicted molar refractivity (Wildman–Crippen MR) is 85.2 cm³/mol. The van der Waals surface area contributed by atoms with Crippen molar-refractivity contribution in [1.82, 2.24) is 9.88 Å². The van der Waals surface area contributed by atoms with Crippen LogP contribution in [0.5, 0.6) is 0 Å². The number of methoxy groups -OCH3 is 1. The lowest BCUT2D eigenvalue weighted by Gasteiger charge is -2.21. The maximum Gasteiger partial charge on any atom is 0.274 e. The highest BCUT2D eigenvalue weighted by Crippen LogP contribution is 2.20. The minimum Gasteiger partial charge on any atom is -0.383 e. The highest BCUT2D eigenvalue weighted by Gasteiger charge is 2.21. The van der Waals surface area contributed by atoms with E-state index >= 15 is 0 Å². The number of rotatable bonds is 6. The third-order valence-corrected chi connectivity index (χ3v) is 4.17. The number of halogens is 2. The van der Waals surface area contributed by atoms with E-state index in [0.717, 1.165) is 4.88 Å². The van der Waals surface area contributed by atoms with Gasteiger partial charge in [-0.15, -0.1) is 11.3 Å². The molecule has 2 rings (SSSR count). The maximum absolute atomic E-state index is 12.6. The molecular weight excluding hydrogens is 331 g/mol. The Morgan fingerprint density at radius 3 is 2.86 bits per heavy atom. The zero-order valence-electron chi connectivity index (χ0n) is 11.4. The Kier molecular flexibility index (Phi) is 5.99. The molecule has 0 N–H and O–H groups in total. The fourth-order valence-corrected chi connectivity index (χ4v) is 2.82. The van der Waals surface area contributed by atoms with Gasteiger partial charge in [-0.05, 0) is 23.6 Å². The molecule has 0 aromatic carbocycles. The molecule has 0 aliphatic heterocycles. The second-order valence-corrected chi connectivity index (χ2v) is 6.09. The van der Waals surface area contributed by atoms with Gasteiger partial charge in [0.25, 0.3) is 5.91 Å². The third kappa shape index (κ3) is 4.41. The van der Waals surface area contributed by atoms with Crippen LogP contribution in [0.3, 0.4) is 0 Å². The van der Waals surface area contributed by atoms with Gasteiger partial charge in [-0.1, -0.05) is 29.3 Å². The van der Waals surface area contributed by atoms with Gasteiger partial charge in [-0.25, -0.2) is 4.98 Å².